The second-order valence-electron chi connectivity index (χ2n) is 5.78. The van der Waals surface area contributed by atoms with E-state index in [-0.39, 0.29) is 0 Å². The minimum absolute atomic E-state index is 0.407. The number of nitrogens with zero attached hydrogens (tertiary/aromatic N) is 2. The van der Waals surface area contributed by atoms with E-state index >= 15 is 0 Å². The maximum absolute atomic E-state index is 5.89. The Balaban J connectivity index is 1.61. The van der Waals surface area contributed by atoms with Crippen molar-refractivity contribution < 1.29 is 9.47 Å². The topological polar surface area (TPSA) is 46.1 Å². The predicted octanol–water partition coefficient (Wildman–Crippen LogP) is 1.49. The second kappa shape index (κ2) is 8.47. The van der Waals surface area contributed by atoms with E-state index in [9.17, 15) is 0 Å². The van der Waals surface area contributed by atoms with E-state index in [0.29, 0.717) is 6.10 Å². The van der Waals surface area contributed by atoms with Crippen molar-refractivity contribution in [2.45, 2.75) is 38.2 Å². The SMILES string of the molecule is CN=C(NCC1CC1)N1CCC(OCCCOC)CC1. The van der Waals surface area contributed by atoms with Crippen LogP contribution in [0.1, 0.15) is 32.1 Å². The monoisotopic (exact) mass is 283 g/mol. The molecular weight excluding hydrogens is 254 g/mol. The molecule has 0 aromatic rings. The molecule has 1 N–H and O–H groups in total. The fraction of sp³-hybridized carbons (Fsp3) is 0.933. The predicted molar refractivity (Wildman–Crippen MR) is 81.1 cm³/mol. The van der Waals surface area contributed by atoms with E-state index < -0.39 is 0 Å². The Morgan fingerprint density at radius 3 is 2.55 bits per heavy atom. The molecule has 0 amide bonds. The Morgan fingerprint density at radius 2 is 1.95 bits per heavy atom. The molecule has 0 radical (unpaired) electrons. The van der Waals surface area contributed by atoms with Gasteiger partial charge in [0.2, 0.25) is 0 Å². The number of aliphatic imine (C=N–C) groups is 1. The molecule has 20 heavy (non-hydrogen) atoms. The minimum atomic E-state index is 0.407. The Bertz CT molecular complexity index is 297. The lowest BCUT2D eigenvalue weighted by atomic mass is 10.1. The van der Waals surface area contributed by atoms with Gasteiger partial charge >= 0.3 is 0 Å². The molecule has 116 valence electrons. The fourth-order valence-electron chi connectivity index (χ4n) is 2.58. The number of rotatable bonds is 7. The highest BCUT2D eigenvalue weighted by molar-refractivity contribution is 5.80. The lowest BCUT2D eigenvalue weighted by Gasteiger charge is -2.34. The summed E-state index contributed by atoms with van der Waals surface area (Å²) in [6, 6.07) is 0. The molecule has 0 aromatic carbocycles. The molecular formula is C15H29N3O2. The quantitative estimate of drug-likeness (QED) is 0.437. The van der Waals surface area contributed by atoms with E-state index in [1.54, 1.807) is 7.11 Å². The summed E-state index contributed by atoms with van der Waals surface area (Å²) in [5.41, 5.74) is 0. The molecule has 0 unspecified atom stereocenters. The van der Waals surface area contributed by atoms with Crippen LogP contribution in [-0.2, 0) is 9.47 Å². The van der Waals surface area contributed by atoms with Gasteiger partial charge in [0.25, 0.3) is 0 Å². The maximum Gasteiger partial charge on any atom is 0.193 e. The van der Waals surface area contributed by atoms with Crippen molar-refractivity contribution in [1.29, 1.82) is 0 Å². The number of nitrogens with one attached hydrogen (secondary N) is 1. The molecule has 5 nitrogen and oxygen atoms in total. The van der Waals surface area contributed by atoms with Gasteiger partial charge in [-0.05, 0) is 38.0 Å². The largest absolute Gasteiger partial charge is 0.385 e. The van der Waals surface area contributed by atoms with E-state index in [4.69, 9.17) is 9.47 Å². The summed E-state index contributed by atoms with van der Waals surface area (Å²) in [4.78, 5) is 6.76. The molecule has 0 atom stereocenters. The Hall–Kier alpha value is -0.810. The van der Waals surface area contributed by atoms with Crippen molar-refractivity contribution in [3.63, 3.8) is 0 Å². The molecule has 2 rings (SSSR count). The molecule has 1 aliphatic heterocycles. The fourth-order valence-corrected chi connectivity index (χ4v) is 2.58. The summed E-state index contributed by atoms with van der Waals surface area (Å²) in [5.74, 6) is 1.95. The summed E-state index contributed by atoms with van der Waals surface area (Å²) < 4.78 is 10.9. The van der Waals surface area contributed by atoms with Crippen LogP contribution in [0.25, 0.3) is 0 Å². The lowest BCUT2D eigenvalue weighted by Crippen LogP contribution is -2.47. The average molecular weight is 283 g/mol. The van der Waals surface area contributed by atoms with Crippen LogP contribution < -0.4 is 5.32 Å². The van der Waals surface area contributed by atoms with Gasteiger partial charge in [-0.3, -0.25) is 4.99 Å². The molecule has 5 heteroatoms. The number of guanidine groups is 1. The van der Waals surface area contributed by atoms with Gasteiger partial charge in [-0.2, -0.15) is 0 Å². The Kier molecular flexibility index (Phi) is 6.60. The number of ether oxygens (including phenoxy) is 2. The lowest BCUT2D eigenvalue weighted by molar-refractivity contribution is 0.00990. The summed E-state index contributed by atoms with van der Waals surface area (Å²) in [6.45, 7) is 4.77. The van der Waals surface area contributed by atoms with Gasteiger partial charge in [0.05, 0.1) is 6.10 Å². The van der Waals surface area contributed by atoms with Crippen molar-refractivity contribution in [3.8, 4) is 0 Å². The van der Waals surface area contributed by atoms with Crippen molar-refractivity contribution in [2.24, 2.45) is 10.9 Å². The zero-order chi connectivity index (χ0) is 14.2. The van der Waals surface area contributed by atoms with E-state index in [0.717, 1.165) is 64.0 Å². The van der Waals surface area contributed by atoms with Gasteiger partial charge in [-0.15, -0.1) is 0 Å². The van der Waals surface area contributed by atoms with Crippen LogP contribution in [0.15, 0.2) is 4.99 Å². The van der Waals surface area contributed by atoms with Crippen LogP contribution in [0.3, 0.4) is 0 Å². The highest BCUT2D eigenvalue weighted by Gasteiger charge is 2.24. The first-order valence-electron chi connectivity index (χ1n) is 7.89. The Morgan fingerprint density at radius 1 is 1.20 bits per heavy atom. The van der Waals surface area contributed by atoms with Crippen LogP contribution in [0.5, 0.6) is 0 Å². The molecule has 0 aromatic heterocycles. The third-order valence-corrected chi connectivity index (χ3v) is 4.05. The van der Waals surface area contributed by atoms with Crippen molar-refractivity contribution in [3.05, 3.63) is 0 Å². The van der Waals surface area contributed by atoms with Gasteiger partial charge in [0.15, 0.2) is 5.96 Å². The van der Waals surface area contributed by atoms with E-state index in [1.807, 2.05) is 7.05 Å². The highest BCUT2D eigenvalue weighted by atomic mass is 16.5. The summed E-state index contributed by atoms with van der Waals surface area (Å²) >= 11 is 0. The minimum Gasteiger partial charge on any atom is -0.385 e. The van der Waals surface area contributed by atoms with Crippen molar-refractivity contribution in [1.82, 2.24) is 10.2 Å². The standard InChI is InChI=1S/C15H29N3O2/c1-16-15(17-12-13-4-5-13)18-8-6-14(7-9-18)20-11-3-10-19-2/h13-14H,3-12H2,1-2H3,(H,16,17). The molecule has 1 saturated carbocycles. The van der Waals surface area contributed by atoms with Crippen molar-refractivity contribution >= 4 is 5.96 Å². The van der Waals surface area contributed by atoms with Gasteiger partial charge in [0.1, 0.15) is 0 Å². The number of hydrogen-bond donors (Lipinski definition) is 1. The van der Waals surface area contributed by atoms with E-state index in [1.165, 1.54) is 12.8 Å². The first-order chi connectivity index (χ1) is 9.83. The van der Waals surface area contributed by atoms with Crippen LogP contribution >= 0.6 is 0 Å². The van der Waals surface area contributed by atoms with Gasteiger partial charge in [0, 0.05) is 47.0 Å². The van der Waals surface area contributed by atoms with Gasteiger partial charge < -0.3 is 19.7 Å². The molecule has 1 heterocycles. The molecule has 0 spiro atoms. The van der Waals surface area contributed by atoms with Crippen LogP contribution in [0.4, 0.5) is 0 Å². The highest BCUT2D eigenvalue weighted by Crippen LogP contribution is 2.27. The summed E-state index contributed by atoms with van der Waals surface area (Å²) in [7, 11) is 3.61. The second-order valence-corrected chi connectivity index (χ2v) is 5.78. The van der Waals surface area contributed by atoms with Crippen LogP contribution in [0, 0.1) is 5.92 Å². The summed E-state index contributed by atoms with van der Waals surface area (Å²) in [6.07, 6.45) is 6.34. The average Bonchev–Trinajstić information content (AvgIpc) is 3.30. The van der Waals surface area contributed by atoms with E-state index in [2.05, 4.69) is 15.2 Å². The van der Waals surface area contributed by atoms with Gasteiger partial charge in [-0.25, -0.2) is 0 Å². The normalized spacial score (nSPS) is 21.3. The number of hydrogen-bond acceptors (Lipinski definition) is 3. The number of methoxy groups -OCH3 is 1. The number of piperidine rings is 1. The Labute approximate surface area is 122 Å². The van der Waals surface area contributed by atoms with Crippen LogP contribution in [0.2, 0.25) is 0 Å². The summed E-state index contributed by atoms with van der Waals surface area (Å²) in [5, 5.41) is 3.49. The molecule has 2 aliphatic rings. The molecule has 1 saturated heterocycles. The van der Waals surface area contributed by atoms with Gasteiger partial charge in [-0.1, -0.05) is 0 Å². The maximum atomic E-state index is 5.89. The molecule has 2 fully saturated rings. The van der Waals surface area contributed by atoms with Crippen molar-refractivity contribution in [2.75, 3.05) is 47.0 Å². The smallest absolute Gasteiger partial charge is 0.193 e. The first kappa shape index (κ1) is 15.6. The third-order valence-electron chi connectivity index (χ3n) is 4.05. The third kappa shape index (κ3) is 5.29. The first-order valence-corrected chi connectivity index (χ1v) is 7.89. The number of likely N-dealkylation sites (tertiary alicyclic amines) is 1. The zero-order valence-corrected chi connectivity index (χ0v) is 12.9. The molecule has 0 bridgehead atoms. The molecule has 1 aliphatic carbocycles. The zero-order valence-electron chi connectivity index (χ0n) is 12.9. The van der Waals surface area contributed by atoms with Crippen LogP contribution in [-0.4, -0.2) is 64.0 Å².